The maximum Gasteiger partial charge on any atom is 0.328 e. The van der Waals surface area contributed by atoms with Gasteiger partial charge >= 0.3 is 5.97 Å². The molecule has 0 saturated carbocycles. The monoisotopic (exact) mass is 518 g/mol. The molecule has 35 heavy (non-hydrogen) atoms. The summed E-state index contributed by atoms with van der Waals surface area (Å²) in [4.78, 5) is 51.7. The van der Waals surface area contributed by atoms with Gasteiger partial charge in [-0.2, -0.15) is 0 Å². The number of aromatic hydroxyl groups is 1. The van der Waals surface area contributed by atoms with Crippen LogP contribution in [0.2, 0.25) is 5.02 Å². The second-order valence-corrected chi connectivity index (χ2v) is 9.95. The van der Waals surface area contributed by atoms with Crippen LogP contribution >= 0.6 is 23.4 Å². The van der Waals surface area contributed by atoms with Crippen LogP contribution in [0.5, 0.6) is 5.75 Å². The van der Waals surface area contributed by atoms with Crippen molar-refractivity contribution < 1.29 is 29.0 Å². The van der Waals surface area contributed by atoms with Crippen LogP contribution in [0.4, 0.5) is 0 Å². The van der Waals surface area contributed by atoms with Crippen LogP contribution in [-0.2, 0) is 30.3 Å². The van der Waals surface area contributed by atoms with E-state index >= 15 is 0 Å². The van der Waals surface area contributed by atoms with E-state index in [1.165, 1.54) is 25.0 Å². The number of hydrogen-bond donors (Lipinski definition) is 2. The number of nitrogens with one attached hydrogen (secondary N) is 1. The van der Waals surface area contributed by atoms with Crippen molar-refractivity contribution in [2.75, 3.05) is 13.7 Å². The van der Waals surface area contributed by atoms with Crippen LogP contribution in [0.25, 0.3) is 0 Å². The quantitative estimate of drug-likeness (QED) is 0.516. The molecule has 1 aliphatic rings. The molecule has 186 valence electrons. The molecule has 8 nitrogen and oxygen atoms in total. The highest BCUT2D eigenvalue weighted by atomic mass is 35.5. The number of rotatable bonds is 8. The first kappa shape index (κ1) is 26.6. The van der Waals surface area contributed by atoms with Gasteiger partial charge < -0.3 is 20.1 Å². The Morgan fingerprint density at radius 1 is 1.14 bits per heavy atom. The number of ether oxygens (including phenoxy) is 1. The lowest BCUT2D eigenvalue weighted by molar-refractivity contribution is -0.152. The van der Waals surface area contributed by atoms with Gasteiger partial charge in [0.1, 0.15) is 11.8 Å². The average molecular weight is 519 g/mol. The molecule has 1 saturated heterocycles. The molecule has 10 heteroatoms. The molecule has 2 amide bonds. The van der Waals surface area contributed by atoms with E-state index in [1.54, 1.807) is 42.5 Å². The Morgan fingerprint density at radius 3 is 2.46 bits per heavy atom. The van der Waals surface area contributed by atoms with Crippen molar-refractivity contribution in [3.8, 4) is 5.75 Å². The minimum absolute atomic E-state index is 0.0192. The van der Waals surface area contributed by atoms with Crippen LogP contribution in [0, 0.1) is 0 Å². The summed E-state index contributed by atoms with van der Waals surface area (Å²) in [6.45, 7) is 1.01. The van der Waals surface area contributed by atoms with Crippen molar-refractivity contribution >= 4 is 46.3 Å². The Hall–Kier alpha value is -3.04. The number of hydrogen-bond acceptors (Lipinski definition) is 7. The Kier molecular flexibility index (Phi) is 9.17. The van der Waals surface area contributed by atoms with Crippen LogP contribution in [0.1, 0.15) is 36.9 Å². The number of phenols is 1. The average Bonchev–Trinajstić information content (AvgIpc) is 3.27. The number of carbonyl (C=O) groups excluding carboxylic acids is 4. The summed E-state index contributed by atoms with van der Waals surface area (Å²) < 4.78 is 4.88. The number of benzene rings is 2. The molecule has 1 heterocycles. The molecule has 2 N–H and O–H groups in total. The fourth-order valence-corrected chi connectivity index (χ4v) is 5.18. The number of phenolic OH excluding ortho intramolecular Hbond substituents is 1. The number of halogens is 1. The maximum absolute atomic E-state index is 13.2. The van der Waals surface area contributed by atoms with Crippen molar-refractivity contribution in [3.63, 3.8) is 0 Å². The summed E-state index contributed by atoms with van der Waals surface area (Å²) in [5.74, 6) is -1.50. The summed E-state index contributed by atoms with van der Waals surface area (Å²) in [5, 5.41) is 12.5. The normalized spacial score (nSPS) is 18.1. The molecule has 0 aromatic heterocycles. The molecule has 0 spiro atoms. The van der Waals surface area contributed by atoms with Crippen LogP contribution in [0.3, 0.4) is 0 Å². The molecule has 3 atom stereocenters. The highest BCUT2D eigenvalue weighted by molar-refractivity contribution is 8.14. The first-order valence-corrected chi connectivity index (χ1v) is 12.3. The summed E-state index contributed by atoms with van der Waals surface area (Å²) in [6, 6.07) is 12.2. The molecule has 0 radical (unpaired) electrons. The van der Waals surface area contributed by atoms with Crippen molar-refractivity contribution in [3.05, 3.63) is 64.7 Å². The second-order valence-electron chi connectivity index (χ2n) is 8.14. The number of nitrogens with zero attached hydrogens (tertiary/aromatic N) is 1. The number of thioether (sulfide) groups is 1. The molecular weight excluding hydrogens is 492 g/mol. The second kappa shape index (κ2) is 12.1. The van der Waals surface area contributed by atoms with Gasteiger partial charge in [-0.1, -0.05) is 53.7 Å². The van der Waals surface area contributed by atoms with Crippen LogP contribution < -0.4 is 5.32 Å². The fourth-order valence-electron chi connectivity index (χ4n) is 4.19. The zero-order valence-corrected chi connectivity index (χ0v) is 21.0. The largest absolute Gasteiger partial charge is 0.508 e. The van der Waals surface area contributed by atoms with E-state index < -0.39 is 35.1 Å². The topological polar surface area (TPSA) is 113 Å². The van der Waals surface area contributed by atoms with E-state index in [0.717, 1.165) is 17.3 Å². The summed E-state index contributed by atoms with van der Waals surface area (Å²) in [7, 11) is 1.25. The molecule has 3 rings (SSSR count). The molecular formula is C25H27ClN2O6S. The smallest absolute Gasteiger partial charge is 0.328 e. The van der Waals surface area contributed by atoms with Crippen molar-refractivity contribution in [1.82, 2.24) is 10.2 Å². The zero-order chi connectivity index (χ0) is 25.5. The molecule has 1 fully saturated rings. The van der Waals surface area contributed by atoms with E-state index in [-0.39, 0.29) is 23.8 Å². The summed E-state index contributed by atoms with van der Waals surface area (Å²) in [6.07, 6.45) is 1.09. The molecule has 1 aliphatic heterocycles. The predicted molar refractivity (Wildman–Crippen MR) is 133 cm³/mol. The van der Waals surface area contributed by atoms with E-state index in [0.29, 0.717) is 23.4 Å². The molecule has 2 aromatic rings. The first-order chi connectivity index (χ1) is 16.7. The third-order valence-electron chi connectivity index (χ3n) is 5.79. The minimum atomic E-state index is -0.828. The number of para-hydroxylation sites is 1. The van der Waals surface area contributed by atoms with Gasteiger partial charge in [0.2, 0.25) is 11.8 Å². The fraction of sp³-hybridized carbons (Fsp3) is 0.360. The lowest BCUT2D eigenvalue weighted by Gasteiger charge is -2.30. The van der Waals surface area contributed by atoms with Crippen molar-refractivity contribution in [2.24, 2.45) is 0 Å². The summed E-state index contributed by atoms with van der Waals surface area (Å²) >= 11 is 6.81. The van der Waals surface area contributed by atoms with E-state index in [9.17, 15) is 24.3 Å². The Morgan fingerprint density at radius 2 is 1.83 bits per heavy atom. The van der Waals surface area contributed by atoms with Gasteiger partial charge in [0, 0.05) is 17.5 Å². The third kappa shape index (κ3) is 6.76. The van der Waals surface area contributed by atoms with E-state index in [1.807, 2.05) is 0 Å². The van der Waals surface area contributed by atoms with Crippen molar-refractivity contribution in [1.29, 1.82) is 0 Å². The van der Waals surface area contributed by atoms with Crippen LogP contribution in [0.15, 0.2) is 48.5 Å². The van der Waals surface area contributed by atoms with E-state index in [2.05, 4.69) is 5.32 Å². The molecule has 2 unspecified atom stereocenters. The highest BCUT2D eigenvalue weighted by Gasteiger charge is 2.43. The molecule has 0 aliphatic carbocycles. The van der Waals surface area contributed by atoms with Gasteiger partial charge in [0.05, 0.1) is 24.9 Å². The molecule has 0 bridgehead atoms. The lowest BCUT2D eigenvalue weighted by Crippen LogP contribution is -2.48. The van der Waals surface area contributed by atoms with Gasteiger partial charge in [0.15, 0.2) is 5.12 Å². The Labute approximate surface area is 213 Å². The van der Waals surface area contributed by atoms with E-state index in [4.69, 9.17) is 16.3 Å². The van der Waals surface area contributed by atoms with Crippen molar-refractivity contribution in [2.45, 2.75) is 43.5 Å². The first-order valence-electron chi connectivity index (χ1n) is 11.1. The minimum Gasteiger partial charge on any atom is -0.508 e. The number of carbonyl (C=O) groups is 4. The number of amides is 2. The predicted octanol–water partition coefficient (Wildman–Crippen LogP) is 3.26. The number of esters is 1. The van der Waals surface area contributed by atoms with Gasteiger partial charge in [-0.25, -0.2) is 4.79 Å². The van der Waals surface area contributed by atoms with Gasteiger partial charge in [0.25, 0.3) is 0 Å². The standard InChI is InChI=1S/C25H27ClN2O6S/c1-15(29)35-22(13-16-7-9-17(26)10-8-16)24(32)27-14-23(31)28-19(11-12-20(28)25(33)34-2)18-5-3-4-6-21(18)30/h3-10,19-20,22,30H,11-14H2,1-2H3,(H,27,32)/t19?,20-,22?/m0/s1. The lowest BCUT2D eigenvalue weighted by atomic mass is 10.0. The summed E-state index contributed by atoms with van der Waals surface area (Å²) in [5.41, 5.74) is 1.34. The molecule has 2 aromatic carbocycles. The number of likely N-dealkylation sites (tertiary alicyclic amines) is 1. The van der Waals surface area contributed by atoms with Gasteiger partial charge in [-0.15, -0.1) is 0 Å². The van der Waals surface area contributed by atoms with Crippen LogP contribution in [-0.4, -0.2) is 57.9 Å². The SMILES string of the molecule is COC(=O)[C@@H]1CCC(c2ccccc2O)N1C(=O)CNC(=O)C(Cc1ccc(Cl)cc1)SC(C)=O. The zero-order valence-electron chi connectivity index (χ0n) is 19.4. The Balaban J connectivity index is 1.74. The third-order valence-corrected chi connectivity index (χ3v) is 7.04. The maximum atomic E-state index is 13.2. The van der Waals surface area contributed by atoms with Gasteiger partial charge in [-0.05, 0) is 43.0 Å². The number of methoxy groups -OCH3 is 1. The Bertz CT molecular complexity index is 1090. The highest BCUT2D eigenvalue weighted by Crippen LogP contribution is 2.40. The van der Waals surface area contributed by atoms with Gasteiger partial charge in [-0.3, -0.25) is 14.4 Å².